The number of carboxylic acids is 1. The summed E-state index contributed by atoms with van der Waals surface area (Å²) in [6, 6.07) is 0. The fourth-order valence-corrected chi connectivity index (χ4v) is 6.02. The number of allylic oxidation sites excluding steroid dienone is 2. The number of aliphatic hydroxyl groups is 2. The van der Waals surface area contributed by atoms with Crippen LogP contribution >= 0.6 is 0 Å². The van der Waals surface area contributed by atoms with Gasteiger partial charge in [-0.3, -0.25) is 4.79 Å². The number of aliphatic carboxylic acids is 1. The predicted octanol–water partition coefficient (Wildman–Crippen LogP) is 3.77. The zero-order valence-electron chi connectivity index (χ0n) is 16.7. The minimum atomic E-state index is -0.764. The summed E-state index contributed by atoms with van der Waals surface area (Å²) < 4.78 is 0. The number of hydrogen-bond acceptors (Lipinski definition) is 3. The molecule has 2 unspecified atom stereocenters. The van der Waals surface area contributed by atoms with Crippen molar-refractivity contribution in [3.05, 3.63) is 11.6 Å². The molecule has 3 aliphatic rings. The number of carboxylic acid groups (broad SMARTS) is 1. The normalized spacial score (nSPS) is 38.6. The predicted molar refractivity (Wildman–Crippen MR) is 105 cm³/mol. The molecule has 0 saturated heterocycles. The number of fused-ring (bicyclic) bond motifs is 1. The lowest BCUT2D eigenvalue weighted by atomic mass is 9.43. The smallest absolute Gasteiger partial charge is 0.303 e. The van der Waals surface area contributed by atoms with Gasteiger partial charge in [-0.25, -0.2) is 0 Å². The molecule has 6 atom stereocenters. The van der Waals surface area contributed by atoms with E-state index in [-0.39, 0.29) is 23.7 Å². The van der Waals surface area contributed by atoms with Crippen LogP contribution < -0.4 is 0 Å². The van der Waals surface area contributed by atoms with E-state index < -0.39 is 18.2 Å². The molecular formula is C23H34O4. The maximum absolute atomic E-state index is 10.8. The summed E-state index contributed by atoms with van der Waals surface area (Å²) in [4.78, 5) is 10.8. The Morgan fingerprint density at radius 1 is 1.33 bits per heavy atom. The van der Waals surface area contributed by atoms with E-state index in [9.17, 15) is 15.0 Å². The van der Waals surface area contributed by atoms with Gasteiger partial charge in [-0.05, 0) is 48.9 Å². The molecule has 0 heterocycles. The van der Waals surface area contributed by atoms with Crippen molar-refractivity contribution < 1.29 is 20.1 Å². The lowest BCUT2D eigenvalue weighted by Crippen LogP contribution is -2.56. The molecule has 4 heteroatoms. The number of rotatable bonds is 5. The van der Waals surface area contributed by atoms with Crippen LogP contribution in [0.1, 0.15) is 71.6 Å². The number of hydrogen-bond donors (Lipinski definition) is 3. The molecule has 0 bridgehead atoms. The third kappa shape index (κ3) is 4.25. The van der Waals surface area contributed by atoms with Gasteiger partial charge >= 0.3 is 5.97 Å². The number of aliphatic hydroxyl groups excluding tert-OH is 2. The van der Waals surface area contributed by atoms with Crippen molar-refractivity contribution >= 4 is 5.97 Å². The first-order chi connectivity index (χ1) is 12.8. The van der Waals surface area contributed by atoms with Crippen LogP contribution in [0.4, 0.5) is 0 Å². The second-order valence-corrected chi connectivity index (χ2v) is 9.15. The Bertz CT molecular complexity index is 636. The highest BCUT2D eigenvalue weighted by atomic mass is 16.4. The molecule has 0 radical (unpaired) electrons. The van der Waals surface area contributed by atoms with Crippen molar-refractivity contribution in [1.82, 2.24) is 0 Å². The van der Waals surface area contributed by atoms with Gasteiger partial charge in [0.2, 0.25) is 0 Å². The van der Waals surface area contributed by atoms with Crippen molar-refractivity contribution in [3.8, 4) is 11.8 Å². The first kappa shape index (κ1) is 20.4. The van der Waals surface area contributed by atoms with E-state index in [1.807, 2.05) is 0 Å². The lowest BCUT2D eigenvalue weighted by molar-refractivity contribution is -0.136. The molecule has 150 valence electrons. The van der Waals surface area contributed by atoms with Crippen molar-refractivity contribution in [1.29, 1.82) is 0 Å². The summed E-state index contributed by atoms with van der Waals surface area (Å²) in [5.74, 6) is 6.63. The molecule has 0 aliphatic heterocycles. The largest absolute Gasteiger partial charge is 0.481 e. The third-order valence-electron chi connectivity index (χ3n) is 7.36. The Labute approximate surface area is 163 Å². The van der Waals surface area contributed by atoms with Gasteiger partial charge in [-0.2, -0.15) is 0 Å². The molecular weight excluding hydrogens is 340 g/mol. The second kappa shape index (κ2) is 8.37. The molecule has 3 aliphatic carbocycles. The van der Waals surface area contributed by atoms with Crippen LogP contribution in [0.5, 0.6) is 0 Å². The molecule has 3 N–H and O–H groups in total. The quantitative estimate of drug-likeness (QED) is 0.506. The van der Waals surface area contributed by atoms with Gasteiger partial charge in [0.15, 0.2) is 0 Å². The maximum Gasteiger partial charge on any atom is 0.303 e. The van der Waals surface area contributed by atoms with E-state index in [0.717, 1.165) is 12.8 Å². The highest BCUT2D eigenvalue weighted by Crippen LogP contribution is 2.64. The van der Waals surface area contributed by atoms with Gasteiger partial charge < -0.3 is 15.3 Å². The maximum atomic E-state index is 10.8. The highest BCUT2D eigenvalue weighted by Gasteiger charge is 2.58. The highest BCUT2D eigenvalue weighted by molar-refractivity contribution is 5.66. The third-order valence-corrected chi connectivity index (χ3v) is 7.36. The van der Waals surface area contributed by atoms with Crippen molar-refractivity contribution in [2.45, 2.75) is 83.8 Å². The fourth-order valence-electron chi connectivity index (χ4n) is 6.02. The zero-order chi connectivity index (χ0) is 19.6. The number of carbonyl (C=O) groups is 1. The minimum Gasteiger partial charge on any atom is -0.481 e. The van der Waals surface area contributed by atoms with Gasteiger partial charge in [-0.15, -0.1) is 0 Å². The Hall–Kier alpha value is -1.31. The van der Waals surface area contributed by atoms with Gasteiger partial charge in [0.25, 0.3) is 0 Å². The Morgan fingerprint density at radius 3 is 2.70 bits per heavy atom. The minimum absolute atomic E-state index is 0.00685. The Balaban J connectivity index is 1.67. The lowest BCUT2D eigenvalue weighted by Gasteiger charge is -2.61. The molecule has 0 amide bonds. The van der Waals surface area contributed by atoms with Gasteiger partial charge in [0, 0.05) is 6.42 Å². The molecule has 27 heavy (non-hydrogen) atoms. The fraction of sp³-hybridized carbons (Fsp3) is 0.783. The summed E-state index contributed by atoms with van der Waals surface area (Å²) in [5.41, 5.74) is 1.34. The van der Waals surface area contributed by atoms with Crippen molar-refractivity contribution in [2.75, 3.05) is 0 Å². The molecule has 0 aromatic rings. The Morgan fingerprint density at radius 2 is 2.04 bits per heavy atom. The molecule has 3 rings (SSSR count). The summed E-state index contributed by atoms with van der Waals surface area (Å²) in [7, 11) is 0. The van der Waals surface area contributed by atoms with Crippen molar-refractivity contribution in [3.63, 3.8) is 0 Å². The SMILES string of the molecule is CC1C(=CCCC(=O)O)[C@]2(C)CC[C@H](O)[C@@H](C#CC(O)CC3CCCC3)[C@H]12. The van der Waals surface area contributed by atoms with E-state index in [0.29, 0.717) is 24.7 Å². The van der Waals surface area contributed by atoms with Crippen LogP contribution in [-0.4, -0.2) is 33.5 Å². The summed E-state index contributed by atoms with van der Waals surface area (Å²) in [5, 5.41) is 29.8. The van der Waals surface area contributed by atoms with Crippen LogP contribution in [0.2, 0.25) is 0 Å². The average Bonchev–Trinajstić information content (AvgIpc) is 3.11. The van der Waals surface area contributed by atoms with Crippen LogP contribution in [0.3, 0.4) is 0 Å². The molecule has 4 nitrogen and oxygen atoms in total. The summed E-state index contributed by atoms with van der Waals surface area (Å²) in [6.07, 6.45) is 9.14. The average molecular weight is 375 g/mol. The molecule has 0 aromatic carbocycles. The van der Waals surface area contributed by atoms with E-state index in [1.165, 1.54) is 31.3 Å². The van der Waals surface area contributed by atoms with E-state index in [4.69, 9.17) is 5.11 Å². The second-order valence-electron chi connectivity index (χ2n) is 9.15. The standard InChI is InChI=1S/C23H34O4/c1-15-19(8-5-9-21(26)27)23(2)13-12-20(25)18(22(15)23)11-10-17(24)14-16-6-3-4-7-16/h8,15-18,20,22,24-25H,3-7,9,12-14H2,1-2H3,(H,26,27)/t15?,17?,18-,20+,22+,23+/m1/s1. The van der Waals surface area contributed by atoms with Crippen LogP contribution in [0, 0.1) is 40.9 Å². The first-order valence-corrected chi connectivity index (χ1v) is 10.6. The van der Waals surface area contributed by atoms with Crippen LogP contribution in [0.15, 0.2) is 11.6 Å². The Kier molecular flexibility index (Phi) is 6.33. The molecule has 0 aromatic heterocycles. The molecule has 3 fully saturated rings. The van der Waals surface area contributed by atoms with E-state index in [2.05, 4.69) is 31.8 Å². The van der Waals surface area contributed by atoms with Gasteiger partial charge in [-0.1, -0.05) is 63.0 Å². The first-order valence-electron chi connectivity index (χ1n) is 10.6. The van der Waals surface area contributed by atoms with Crippen LogP contribution in [-0.2, 0) is 4.79 Å². The van der Waals surface area contributed by atoms with E-state index >= 15 is 0 Å². The van der Waals surface area contributed by atoms with Gasteiger partial charge in [0.05, 0.1) is 12.0 Å². The topological polar surface area (TPSA) is 77.8 Å². The van der Waals surface area contributed by atoms with Crippen molar-refractivity contribution in [2.24, 2.45) is 29.1 Å². The monoisotopic (exact) mass is 374 g/mol. The van der Waals surface area contributed by atoms with E-state index in [1.54, 1.807) is 0 Å². The molecule has 0 spiro atoms. The van der Waals surface area contributed by atoms with Gasteiger partial charge in [0.1, 0.15) is 6.10 Å². The van der Waals surface area contributed by atoms with Crippen LogP contribution in [0.25, 0.3) is 0 Å². The summed E-state index contributed by atoms with van der Waals surface area (Å²) in [6.45, 7) is 4.40. The zero-order valence-corrected chi connectivity index (χ0v) is 16.7. The molecule has 3 saturated carbocycles. The summed E-state index contributed by atoms with van der Waals surface area (Å²) >= 11 is 0.